The van der Waals surface area contributed by atoms with Gasteiger partial charge in [-0.15, -0.1) is 5.10 Å². The molecule has 33 heavy (non-hydrogen) atoms. The van der Waals surface area contributed by atoms with E-state index in [0.29, 0.717) is 35.6 Å². The van der Waals surface area contributed by atoms with E-state index in [0.717, 1.165) is 50.1 Å². The molecule has 5 rings (SSSR count). The molecule has 1 aliphatic heterocycles. The molecule has 0 spiro atoms. The first kappa shape index (κ1) is 21.3. The average molecular weight is 449 g/mol. The maximum atomic E-state index is 5.64. The number of nitrogens with zero attached hydrogens (tertiary/aromatic N) is 9. The lowest BCUT2D eigenvalue weighted by molar-refractivity contribution is 0.212. The number of rotatable bonds is 8. The first-order chi connectivity index (χ1) is 16.2. The predicted octanol–water partition coefficient (Wildman–Crippen LogP) is 2.99. The molecule has 172 valence electrons. The van der Waals surface area contributed by atoms with E-state index in [1.54, 1.807) is 17.1 Å². The Morgan fingerprint density at radius 3 is 2.79 bits per heavy atom. The number of hydrogen-bond acceptors (Lipinski definition) is 9. The highest BCUT2D eigenvalue weighted by Gasteiger charge is 2.19. The Morgan fingerprint density at radius 2 is 2.00 bits per heavy atom. The maximum absolute atomic E-state index is 5.64. The van der Waals surface area contributed by atoms with Crippen molar-refractivity contribution in [3.05, 3.63) is 36.9 Å². The van der Waals surface area contributed by atoms with Gasteiger partial charge in [-0.2, -0.15) is 14.8 Å². The van der Waals surface area contributed by atoms with Crippen LogP contribution in [-0.4, -0.2) is 71.4 Å². The quantitative estimate of drug-likeness (QED) is 0.407. The molecule has 1 aliphatic rings. The molecular weight excluding hydrogens is 420 g/mol. The summed E-state index contributed by atoms with van der Waals surface area (Å²) in [4.78, 5) is 15.7. The lowest BCUT2D eigenvalue weighted by Gasteiger charge is -2.28. The summed E-state index contributed by atoms with van der Waals surface area (Å²) in [6.45, 7) is 4.96. The largest absolute Gasteiger partial charge is 0.478 e. The van der Waals surface area contributed by atoms with Crippen molar-refractivity contribution in [2.45, 2.75) is 38.6 Å². The summed E-state index contributed by atoms with van der Waals surface area (Å²) in [6.07, 6.45) is 11.5. The number of aromatic nitrogens is 8. The number of nitrogens with one attached hydrogen (secondary N) is 1. The highest BCUT2D eigenvalue weighted by Crippen LogP contribution is 2.24. The van der Waals surface area contributed by atoms with Crippen LogP contribution in [0.2, 0.25) is 0 Å². The summed E-state index contributed by atoms with van der Waals surface area (Å²) in [5.41, 5.74) is 2.80. The second kappa shape index (κ2) is 9.49. The number of ether oxygens (including phenoxy) is 1. The van der Waals surface area contributed by atoms with Crippen molar-refractivity contribution in [3.8, 4) is 11.6 Å². The Hall–Kier alpha value is -3.60. The molecule has 11 nitrogen and oxygen atoms in total. The predicted molar refractivity (Wildman–Crippen MR) is 124 cm³/mol. The minimum atomic E-state index is 0.423. The third kappa shape index (κ3) is 4.77. The van der Waals surface area contributed by atoms with Gasteiger partial charge in [0.1, 0.15) is 0 Å². The molecule has 4 aromatic heterocycles. The third-order valence-corrected chi connectivity index (χ3v) is 5.83. The van der Waals surface area contributed by atoms with Gasteiger partial charge in [0, 0.05) is 12.3 Å². The van der Waals surface area contributed by atoms with Gasteiger partial charge < -0.3 is 15.0 Å². The van der Waals surface area contributed by atoms with Crippen molar-refractivity contribution in [3.63, 3.8) is 0 Å². The standard InChI is InChI=1S/C22H28N10O/c1-3-4-11-33-20-6-5-18(13-23-20)32-21-19(28-29-32)14-24-22(27-21)26-16-12-25-31(15-16)17-7-9-30(2)10-8-17/h5-6,12-15,17H,3-4,7-11H2,1-2H3,(H,24,26,27). The van der Waals surface area contributed by atoms with Crippen molar-refractivity contribution >= 4 is 22.8 Å². The molecule has 4 aromatic rings. The van der Waals surface area contributed by atoms with E-state index in [-0.39, 0.29) is 0 Å². The summed E-state index contributed by atoms with van der Waals surface area (Å²) in [5.74, 6) is 1.05. The van der Waals surface area contributed by atoms with Crippen LogP contribution >= 0.6 is 0 Å². The molecule has 0 aliphatic carbocycles. The molecule has 0 bridgehead atoms. The SMILES string of the molecule is CCCCOc1ccc(-n2nnc3cnc(Nc4cnn(C5CCN(C)CC5)c4)nc32)cn1. The number of pyridine rings is 1. The van der Waals surface area contributed by atoms with Crippen LogP contribution in [-0.2, 0) is 0 Å². The molecule has 0 amide bonds. The summed E-state index contributed by atoms with van der Waals surface area (Å²) in [5, 5.41) is 16.2. The Balaban J connectivity index is 1.31. The molecule has 11 heteroatoms. The maximum Gasteiger partial charge on any atom is 0.229 e. The minimum absolute atomic E-state index is 0.423. The normalized spacial score (nSPS) is 15.2. The molecule has 0 unspecified atom stereocenters. The number of fused-ring (bicyclic) bond motifs is 1. The Kier molecular flexibility index (Phi) is 6.11. The molecule has 1 fully saturated rings. The molecular formula is C22H28N10O. The zero-order valence-electron chi connectivity index (χ0n) is 18.9. The van der Waals surface area contributed by atoms with Crippen molar-refractivity contribution in [2.75, 3.05) is 32.1 Å². The van der Waals surface area contributed by atoms with Gasteiger partial charge in [-0.1, -0.05) is 18.6 Å². The second-order valence-corrected chi connectivity index (χ2v) is 8.33. The number of likely N-dealkylation sites (tertiary alicyclic amines) is 1. The summed E-state index contributed by atoms with van der Waals surface area (Å²) < 4.78 is 9.32. The van der Waals surface area contributed by atoms with E-state index < -0.39 is 0 Å². The van der Waals surface area contributed by atoms with Crippen molar-refractivity contribution in [2.24, 2.45) is 0 Å². The van der Waals surface area contributed by atoms with Gasteiger partial charge in [-0.3, -0.25) is 4.68 Å². The smallest absolute Gasteiger partial charge is 0.229 e. The van der Waals surface area contributed by atoms with Gasteiger partial charge in [0.2, 0.25) is 11.8 Å². The van der Waals surface area contributed by atoms with Gasteiger partial charge >= 0.3 is 0 Å². The molecule has 1 N–H and O–H groups in total. The first-order valence-electron chi connectivity index (χ1n) is 11.4. The van der Waals surface area contributed by atoms with Gasteiger partial charge in [-0.05, 0) is 45.5 Å². The van der Waals surface area contributed by atoms with Crippen molar-refractivity contribution in [1.82, 2.24) is 44.6 Å². The lowest BCUT2D eigenvalue weighted by atomic mass is 10.1. The second-order valence-electron chi connectivity index (χ2n) is 8.33. The third-order valence-electron chi connectivity index (χ3n) is 5.83. The van der Waals surface area contributed by atoms with Crippen molar-refractivity contribution in [1.29, 1.82) is 0 Å². The molecule has 1 saturated heterocycles. The van der Waals surface area contributed by atoms with Crippen LogP contribution in [0.5, 0.6) is 5.88 Å². The fourth-order valence-corrected chi connectivity index (χ4v) is 3.86. The van der Waals surface area contributed by atoms with Crippen molar-refractivity contribution < 1.29 is 4.74 Å². The molecule has 0 saturated carbocycles. The monoisotopic (exact) mass is 448 g/mol. The van der Waals surface area contributed by atoms with Gasteiger partial charge in [0.25, 0.3) is 0 Å². The zero-order valence-corrected chi connectivity index (χ0v) is 18.9. The van der Waals surface area contributed by atoms with Crippen LogP contribution < -0.4 is 10.1 Å². The van der Waals surface area contributed by atoms with E-state index in [1.165, 1.54) is 0 Å². The van der Waals surface area contributed by atoms with Crippen LogP contribution in [0.3, 0.4) is 0 Å². The van der Waals surface area contributed by atoms with Crippen LogP contribution in [0.25, 0.3) is 16.9 Å². The number of anilines is 2. The fraction of sp³-hybridized carbons (Fsp3) is 0.455. The highest BCUT2D eigenvalue weighted by molar-refractivity contribution is 5.72. The molecule has 5 heterocycles. The fourth-order valence-electron chi connectivity index (χ4n) is 3.86. The molecule has 0 radical (unpaired) electrons. The van der Waals surface area contributed by atoms with E-state index >= 15 is 0 Å². The Bertz CT molecular complexity index is 1190. The van der Waals surface area contributed by atoms with E-state index in [4.69, 9.17) is 4.74 Å². The number of hydrogen-bond donors (Lipinski definition) is 1. The highest BCUT2D eigenvalue weighted by atomic mass is 16.5. The van der Waals surface area contributed by atoms with E-state index in [9.17, 15) is 0 Å². The van der Waals surface area contributed by atoms with Gasteiger partial charge in [0.05, 0.1) is 42.6 Å². The summed E-state index contributed by atoms with van der Waals surface area (Å²) in [6, 6.07) is 4.15. The minimum Gasteiger partial charge on any atom is -0.478 e. The van der Waals surface area contributed by atoms with E-state index in [1.807, 2.05) is 29.2 Å². The Morgan fingerprint density at radius 1 is 1.12 bits per heavy atom. The topological polar surface area (TPSA) is 112 Å². The zero-order chi connectivity index (χ0) is 22.6. The summed E-state index contributed by atoms with van der Waals surface area (Å²) >= 11 is 0. The lowest BCUT2D eigenvalue weighted by Crippen LogP contribution is -2.31. The summed E-state index contributed by atoms with van der Waals surface area (Å²) in [7, 11) is 2.16. The van der Waals surface area contributed by atoms with Gasteiger partial charge in [-0.25, -0.2) is 9.97 Å². The van der Waals surface area contributed by atoms with Crippen LogP contribution in [0.15, 0.2) is 36.9 Å². The molecule has 0 atom stereocenters. The van der Waals surface area contributed by atoms with E-state index in [2.05, 4.69) is 54.6 Å². The number of unbranched alkanes of at least 4 members (excludes halogenated alkanes) is 1. The van der Waals surface area contributed by atoms with Crippen LogP contribution in [0, 0.1) is 0 Å². The Labute approximate surface area is 191 Å². The van der Waals surface area contributed by atoms with Gasteiger partial charge in [0.15, 0.2) is 11.2 Å². The average Bonchev–Trinajstić information content (AvgIpc) is 3.47. The molecule has 0 aromatic carbocycles. The van der Waals surface area contributed by atoms with Crippen LogP contribution in [0.4, 0.5) is 11.6 Å². The first-order valence-corrected chi connectivity index (χ1v) is 11.4. The van der Waals surface area contributed by atoms with Crippen LogP contribution in [0.1, 0.15) is 38.6 Å². The number of piperidine rings is 1.